The lowest BCUT2D eigenvalue weighted by Gasteiger charge is -2.13. The second-order valence-electron chi connectivity index (χ2n) is 4.90. The van der Waals surface area contributed by atoms with Crippen LogP contribution in [-0.4, -0.2) is 28.9 Å². The molecule has 0 aliphatic heterocycles. The van der Waals surface area contributed by atoms with Crippen molar-refractivity contribution in [2.24, 2.45) is 0 Å². The molecule has 0 bridgehead atoms. The van der Waals surface area contributed by atoms with E-state index < -0.39 is 0 Å². The number of pyridine rings is 1. The Balaban J connectivity index is 1.99. The lowest BCUT2D eigenvalue weighted by Crippen LogP contribution is -2.19. The molecule has 1 heterocycles. The summed E-state index contributed by atoms with van der Waals surface area (Å²) < 4.78 is 0. The molecular formula is C16H18ClN3OS. The molecule has 1 atom stereocenters. The summed E-state index contributed by atoms with van der Waals surface area (Å²) in [6.07, 6.45) is 3.63. The van der Waals surface area contributed by atoms with Crippen LogP contribution in [0.5, 0.6) is 0 Å². The summed E-state index contributed by atoms with van der Waals surface area (Å²) >= 11 is 7.67. The van der Waals surface area contributed by atoms with Crippen molar-refractivity contribution in [3.8, 4) is 0 Å². The highest BCUT2D eigenvalue weighted by Crippen LogP contribution is 2.16. The van der Waals surface area contributed by atoms with Gasteiger partial charge in [0, 0.05) is 28.7 Å². The zero-order valence-corrected chi connectivity index (χ0v) is 14.0. The van der Waals surface area contributed by atoms with Crippen LogP contribution in [-0.2, 0) is 0 Å². The maximum atomic E-state index is 12.1. The van der Waals surface area contributed by atoms with Crippen LogP contribution in [0.4, 0.5) is 11.5 Å². The van der Waals surface area contributed by atoms with Crippen LogP contribution < -0.4 is 10.6 Å². The third-order valence-electron chi connectivity index (χ3n) is 2.92. The number of rotatable bonds is 6. The molecule has 0 saturated heterocycles. The Morgan fingerprint density at radius 2 is 2.18 bits per heavy atom. The van der Waals surface area contributed by atoms with E-state index in [1.165, 1.54) is 0 Å². The van der Waals surface area contributed by atoms with Gasteiger partial charge in [-0.2, -0.15) is 11.8 Å². The lowest BCUT2D eigenvalue weighted by atomic mass is 10.2. The van der Waals surface area contributed by atoms with E-state index in [-0.39, 0.29) is 5.91 Å². The fourth-order valence-corrected chi connectivity index (χ4v) is 2.70. The number of halogens is 1. The zero-order chi connectivity index (χ0) is 15.9. The molecule has 0 saturated carbocycles. The third kappa shape index (κ3) is 4.93. The van der Waals surface area contributed by atoms with Gasteiger partial charge in [-0.15, -0.1) is 0 Å². The molecule has 2 N–H and O–H groups in total. The van der Waals surface area contributed by atoms with Gasteiger partial charge in [0.1, 0.15) is 5.82 Å². The fraction of sp³-hybridized carbons (Fsp3) is 0.250. The standard InChI is InChI=1S/C16H18ClN3OS/c1-11(10-22-2)19-15-7-6-12(9-18-15)16(21)20-14-5-3-4-13(17)8-14/h3-9,11H,10H2,1-2H3,(H,18,19)(H,20,21). The Hall–Kier alpha value is -1.72. The SMILES string of the molecule is CSCC(C)Nc1ccc(C(=O)Nc2cccc(Cl)c2)cn1. The van der Waals surface area contributed by atoms with E-state index in [9.17, 15) is 4.79 Å². The Kier molecular flexibility index (Phi) is 6.10. The van der Waals surface area contributed by atoms with Crippen molar-refractivity contribution in [2.75, 3.05) is 22.6 Å². The van der Waals surface area contributed by atoms with Gasteiger partial charge in [0.25, 0.3) is 5.91 Å². The van der Waals surface area contributed by atoms with Crippen LogP contribution in [0.3, 0.4) is 0 Å². The van der Waals surface area contributed by atoms with Crippen LogP contribution in [0.25, 0.3) is 0 Å². The Bertz CT molecular complexity index is 634. The summed E-state index contributed by atoms with van der Waals surface area (Å²) in [5, 5.41) is 6.66. The first-order chi connectivity index (χ1) is 10.6. The van der Waals surface area contributed by atoms with Gasteiger partial charge in [-0.25, -0.2) is 4.98 Å². The highest BCUT2D eigenvalue weighted by atomic mass is 35.5. The van der Waals surface area contributed by atoms with E-state index in [2.05, 4.69) is 28.8 Å². The van der Waals surface area contributed by atoms with Gasteiger partial charge in [0.2, 0.25) is 0 Å². The maximum absolute atomic E-state index is 12.1. The van der Waals surface area contributed by atoms with Gasteiger partial charge in [-0.05, 0) is 43.5 Å². The highest BCUT2D eigenvalue weighted by Gasteiger charge is 2.08. The summed E-state index contributed by atoms with van der Waals surface area (Å²) in [6.45, 7) is 2.10. The van der Waals surface area contributed by atoms with Crippen molar-refractivity contribution in [1.29, 1.82) is 0 Å². The normalized spacial score (nSPS) is 11.8. The second-order valence-corrected chi connectivity index (χ2v) is 6.24. The van der Waals surface area contributed by atoms with Crippen molar-refractivity contribution >= 4 is 40.8 Å². The van der Waals surface area contributed by atoms with E-state index in [0.717, 1.165) is 11.6 Å². The van der Waals surface area contributed by atoms with Crippen molar-refractivity contribution in [3.05, 3.63) is 53.2 Å². The second kappa shape index (κ2) is 8.06. The smallest absolute Gasteiger partial charge is 0.257 e. The van der Waals surface area contributed by atoms with Gasteiger partial charge in [-0.1, -0.05) is 17.7 Å². The average molecular weight is 336 g/mol. The molecule has 2 aromatic rings. The third-order valence-corrected chi connectivity index (χ3v) is 3.99. The van der Waals surface area contributed by atoms with Crippen LogP contribution in [0.2, 0.25) is 5.02 Å². The van der Waals surface area contributed by atoms with E-state index in [1.54, 1.807) is 48.3 Å². The Labute approximate surface area is 139 Å². The number of hydrogen-bond donors (Lipinski definition) is 2. The van der Waals surface area contributed by atoms with Crippen molar-refractivity contribution in [3.63, 3.8) is 0 Å². The molecule has 0 spiro atoms. The molecule has 0 aliphatic carbocycles. The molecule has 1 unspecified atom stereocenters. The largest absolute Gasteiger partial charge is 0.367 e. The monoisotopic (exact) mass is 335 g/mol. The minimum absolute atomic E-state index is 0.210. The summed E-state index contributed by atoms with van der Waals surface area (Å²) in [7, 11) is 0. The van der Waals surface area contributed by atoms with Crippen LogP contribution >= 0.6 is 23.4 Å². The number of carbonyl (C=O) groups is 1. The molecule has 1 aromatic heterocycles. The van der Waals surface area contributed by atoms with Gasteiger partial charge in [-0.3, -0.25) is 4.79 Å². The topological polar surface area (TPSA) is 54.0 Å². The van der Waals surface area contributed by atoms with Crippen molar-refractivity contribution in [1.82, 2.24) is 4.98 Å². The number of nitrogens with zero attached hydrogens (tertiary/aromatic N) is 1. The van der Waals surface area contributed by atoms with Gasteiger partial charge >= 0.3 is 0 Å². The number of aromatic nitrogens is 1. The number of hydrogen-bond acceptors (Lipinski definition) is 4. The van der Waals surface area contributed by atoms with E-state index in [0.29, 0.717) is 22.3 Å². The molecule has 1 aromatic carbocycles. The lowest BCUT2D eigenvalue weighted by molar-refractivity contribution is 0.102. The predicted octanol–water partition coefficient (Wildman–Crippen LogP) is 4.15. The first-order valence-corrected chi connectivity index (χ1v) is 8.64. The number of nitrogens with one attached hydrogen (secondary N) is 2. The number of amides is 1. The van der Waals surface area contributed by atoms with E-state index in [4.69, 9.17) is 11.6 Å². The van der Waals surface area contributed by atoms with Crippen LogP contribution in [0.1, 0.15) is 17.3 Å². The first-order valence-electron chi connectivity index (χ1n) is 6.87. The maximum Gasteiger partial charge on any atom is 0.257 e. The summed E-state index contributed by atoms with van der Waals surface area (Å²) in [4.78, 5) is 16.4. The molecule has 0 aliphatic rings. The number of benzene rings is 1. The molecule has 0 radical (unpaired) electrons. The quantitative estimate of drug-likeness (QED) is 0.832. The molecule has 4 nitrogen and oxygen atoms in total. The van der Waals surface area contributed by atoms with Crippen molar-refractivity contribution in [2.45, 2.75) is 13.0 Å². The van der Waals surface area contributed by atoms with Crippen molar-refractivity contribution < 1.29 is 4.79 Å². The molecule has 116 valence electrons. The highest BCUT2D eigenvalue weighted by molar-refractivity contribution is 7.98. The summed E-state index contributed by atoms with van der Waals surface area (Å²) in [6, 6.07) is 10.9. The first kappa shape index (κ1) is 16.6. The Morgan fingerprint density at radius 1 is 1.36 bits per heavy atom. The van der Waals surface area contributed by atoms with Gasteiger partial charge < -0.3 is 10.6 Å². The average Bonchev–Trinajstić information content (AvgIpc) is 2.48. The summed E-state index contributed by atoms with van der Waals surface area (Å²) in [5.74, 6) is 1.55. The minimum atomic E-state index is -0.210. The predicted molar refractivity (Wildman–Crippen MR) is 95.1 cm³/mol. The molecule has 1 amide bonds. The molecular weight excluding hydrogens is 318 g/mol. The number of carbonyl (C=O) groups excluding carboxylic acids is 1. The van der Waals surface area contributed by atoms with Gasteiger partial charge in [0.05, 0.1) is 5.56 Å². The van der Waals surface area contributed by atoms with Crippen LogP contribution in [0, 0.1) is 0 Å². The minimum Gasteiger partial charge on any atom is -0.367 e. The molecule has 0 fully saturated rings. The fourth-order valence-electron chi connectivity index (χ4n) is 1.93. The zero-order valence-electron chi connectivity index (χ0n) is 12.5. The summed E-state index contributed by atoms with van der Waals surface area (Å²) in [5.41, 5.74) is 1.16. The van der Waals surface area contributed by atoms with E-state index >= 15 is 0 Å². The van der Waals surface area contributed by atoms with Crippen LogP contribution in [0.15, 0.2) is 42.6 Å². The molecule has 6 heteroatoms. The van der Waals surface area contributed by atoms with Gasteiger partial charge in [0.15, 0.2) is 0 Å². The van der Waals surface area contributed by atoms with E-state index in [1.807, 2.05) is 6.07 Å². The number of anilines is 2. The number of thioether (sulfide) groups is 1. The molecule has 22 heavy (non-hydrogen) atoms. The molecule has 2 rings (SSSR count). The Morgan fingerprint density at radius 3 is 2.82 bits per heavy atom.